The fraction of sp³-hybridized carbons (Fsp3) is 0.278. The van der Waals surface area contributed by atoms with Crippen molar-refractivity contribution in [1.29, 1.82) is 0 Å². The second kappa shape index (κ2) is 8.76. The molecule has 0 aliphatic rings. The first-order valence-electron chi connectivity index (χ1n) is 8.64. The molecule has 30 heavy (non-hydrogen) atoms. The summed E-state index contributed by atoms with van der Waals surface area (Å²) in [6, 6.07) is 2.58. The van der Waals surface area contributed by atoms with Crippen LogP contribution in [0.2, 0.25) is 5.02 Å². The molecule has 2 N–H and O–H groups in total. The van der Waals surface area contributed by atoms with E-state index in [1.54, 1.807) is 17.0 Å². The van der Waals surface area contributed by atoms with E-state index in [2.05, 4.69) is 31.2 Å². The molecule has 0 spiro atoms. The molecule has 0 radical (unpaired) electrons. The minimum atomic E-state index is -2.81. The quantitative estimate of drug-likeness (QED) is 0.264. The van der Waals surface area contributed by atoms with Crippen molar-refractivity contribution in [3.63, 3.8) is 0 Å². The first-order chi connectivity index (χ1) is 14.1. The summed E-state index contributed by atoms with van der Waals surface area (Å²) in [6.07, 6.45) is -1.23. The number of hydrogen-bond donors (Lipinski definition) is 2. The van der Waals surface area contributed by atoms with Gasteiger partial charge in [-0.25, -0.2) is 27.5 Å². The second-order valence-electron chi connectivity index (χ2n) is 6.55. The van der Waals surface area contributed by atoms with Gasteiger partial charge in [0.15, 0.2) is 17.5 Å². The molecule has 3 rings (SSSR count). The molecule has 0 fully saturated rings. The topological polar surface area (TPSA) is 71.8 Å². The lowest BCUT2D eigenvalue weighted by atomic mass is 10.1. The van der Waals surface area contributed by atoms with E-state index in [1.807, 2.05) is 19.2 Å². The number of rotatable bonds is 6. The summed E-state index contributed by atoms with van der Waals surface area (Å²) < 4.78 is 55.8. The fourth-order valence-corrected chi connectivity index (χ4v) is 3.38. The van der Waals surface area contributed by atoms with Crippen molar-refractivity contribution in [2.45, 2.75) is 26.3 Å². The molecule has 0 saturated carbocycles. The Kier molecular flexibility index (Phi) is 6.51. The highest BCUT2D eigenvalue weighted by molar-refractivity contribution is 9.10. The second-order valence-corrected chi connectivity index (χ2v) is 7.74. The van der Waals surface area contributed by atoms with Gasteiger partial charge < -0.3 is 15.2 Å². The molecule has 0 saturated heterocycles. The molecule has 1 aromatic carbocycles. The molecule has 0 aliphatic heterocycles. The monoisotopic (exact) mass is 507 g/mol. The SMILES string of the molecule is CC(C)n1cnc2cc(Br)nc(Nc3cc(C(=O)NCC(F)F)c(Cl)c(F)c3F)c21. The van der Waals surface area contributed by atoms with Crippen LogP contribution in [0.3, 0.4) is 0 Å². The van der Waals surface area contributed by atoms with Gasteiger partial charge in [0.05, 0.1) is 34.7 Å². The zero-order valence-corrected chi connectivity index (χ0v) is 18.0. The largest absolute Gasteiger partial charge is 0.346 e. The Labute approximate surface area is 181 Å². The highest BCUT2D eigenvalue weighted by atomic mass is 79.9. The zero-order chi connectivity index (χ0) is 22.2. The number of nitrogens with one attached hydrogen (secondary N) is 2. The number of hydrogen-bond acceptors (Lipinski definition) is 4. The van der Waals surface area contributed by atoms with Crippen molar-refractivity contribution in [2.75, 3.05) is 11.9 Å². The Bertz CT molecular complexity index is 1120. The zero-order valence-electron chi connectivity index (χ0n) is 15.6. The van der Waals surface area contributed by atoms with Gasteiger partial charge in [-0.3, -0.25) is 4.79 Å². The summed E-state index contributed by atoms with van der Waals surface area (Å²) >= 11 is 8.96. The molecule has 2 aromatic heterocycles. The summed E-state index contributed by atoms with van der Waals surface area (Å²) in [5.74, 6) is -3.77. The van der Waals surface area contributed by atoms with E-state index in [0.717, 1.165) is 6.07 Å². The average Bonchev–Trinajstić information content (AvgIpc) is 3.10. The lowest BCUT2D eigenvalue weighted by Crippen LogP contribution is -2.29. The van der Waals surface area contributed by atoms with E-state index in [4.69, 9.17) is 11.6 Å². The maximum atomic E-state index is 14.6. The molecule has 0 atom stereocenters. The van der Waals surface area contributed by atoms with Gasteiger partial charge in [0.1, 0.15) is 10.1 Å². The van der Waals surface area contributed by atoms with Gasteiger partial charge in [-0.1, -0.05) is 11.6 Å². The lowest BCUT2D eigenvalue weighted by molar-refractivity contribution is 0.0891. The summed E-state index contributed by atoms with van der Waals surface area (Å²) in [6.45, 7) is 2.85. The third-order valence-corrected chi connectivity index (χ3v) is 4.91. The van der Waals surface area contributed by atoms with Crippen molar-refractivity contribution < 1.29 is 22.4 Å². The van der Waals surface area contributed by atoms with Gasteiger partial charge >= 0.3 is 0 Å². The third kappa shape index (κ3) is 4.36. The van der Waals surface area contributed by atoms with Crippen LogP contribution in [0.4, 0.5) is 29.1 Å². The Morgan fingerprint density at radius 3 is 2.60 bits per heavy atom. The van der Waals surface area contributed by atoms with Crippen LogP contribution in [-0.2, 0) is 0 Å². The van der Waals surface area contributed by atoms with Gasteiger partial charge in [0.2, 0.25) is 0 Å². The van der Waals surface area contributed by atoms with Crippen molar-refractivity contribution >= 4 is 56.0 Å². The number of imidazole rings is 1. The molecule has 3 aromatic rings. The number of nitrogens with zero attached hydrogens (tertiary/aromatic N) is 3. The number of alkyl halides is 2. The molecule has 2 heterocycles. The summed E-state index contributed by atoms with van der Waals surface area (Å²) in [5, 5.41) is 3.75. The third-order valence-electron chi connectivity index (χ3n) is 4.14. The number of fused-ring (bicyclic) bond motifs is 1. The molecular formula is C18H15BrClF4N5O. The van der Waals surface area contributed by atoms with Gasteiger partial charge in [-0.05, 0) is 41.9 Å². The van der Waals surface area contributed by atoms with Gasteiger partial charge in [0.25, 0.3) is 12.3 Å². The minimum Gasteiger partial charge on any atom is -0.346 e. The smallest absolute Gasteiger partial charge is 0.255 e. The van der Waals surface area contributed by atoms with E-state index in [-0.39, 0.29) is 11.9 Å². The highest BCUT2D eigenvalue weighted by Gasteiger charge is 2.23. The predicted octanol–water partition coefficient (Wildman–Crippen LogP) is 5.44. The van der Waals surface area contributed by atoms with Crippen LogP contribution >= 0.6 is 27.5 Å². The molecule has 0 unspecified atom stereocenters. The van der Waals surface area contributed by atoms with Crippen molar-refractivity contribution in [1.82, 2.24) is 19.9 Å². The molecule has 12 heteroatoms. The highest BCUT2D eigenvalue weighted by Crippen LogP contribution is 2.33. The van der Waals surface area contributed by atoms with Gasteiger partial charge in [-0.15, -0.1) is 0 Å². The van der Waals surface area contributed by atoms with E-state index < -0.39 is 46.8 Å². The number of anilines is 2. The van der Waals surface area contributed by atoms with Gasteiger partial charge in [-0.2, -0.15) is 0 Å². The van der Waals surface area contributed by atoms with Crippen LogP contribution in [0.5, 0.6) is 0 Å². The summed E-state index contributed by atoms with van der Waals surface area (Å²) in [7, 11) is 0. The van der Waals surface area contributed by atoms with E-state index in [1.165, 1.54) is 0 Å². The van der Waals surface area contributed by atoms with Crippen molar-refractivity contribution in [2.24, 2.45) is 0 Å². The number of aromatic nitrogens is 3. The first-order valence-corrected chi connectivity index (χ1v) is 9.81. The number of pyridine rings is 1. The first kappa shape index (κ1) is 22.3. The van der Waals surface area contributed by atoms with Crippen molar-refractivity contribution in [3.05, 3.63) is 45.3 Å². The average molecular weight is 509 g/mol. The van der Waals surface area contributed by atoms with E-state index >= 15 is 0 Å². The molecule has 160 valence electrons. The van der Waals surface area contributed by atoms with Crippen LogP contribution in [0.15, 0.2) is 23.1 Å². The van der Waals surface area contributed by atoms with Crippen LogP contribution < -0.4 is 10.6 Å². The minimum absolute atomic E-state index is 0.0130. The molecule has 0 bridgehead atoms. The summed E-state index contributed by atoms with van der Waals surface area (Å²) in [4.78, 5) is 20.7. The van der Waals surface area contributed by atoms with E-state index in [9.17, 15) is 22.4 Å². The van der Waals surface area contributed by atoms with Crippen LogP contribution in [0, 0.1) is 11.6 Å². The number of benzene rings is 1. The lowest BCUT2D eigenvalue weighted by Gasteiger charge is -2.15. The Morgan fingerprint density at radius 2 is 1.97 bits per heavy atom. The van der Waals surface area contributed by atoms with Crippen LogP contribution in [0.25, 0.3) is 11.0 Å². The summed E-state index contributed by atoms with van der Waals surface area (Å²) in [5.41, 5.74) is 0.120. The number of halogens is 6. The number of amides is 1. The van der Waals surface area contributed by atoms with Gasteiger partial charge in [0, 0.05) is 6.04 Å². The Balaban J connectivity index is 2.09. The molecular weight excluding hydrogens is 494 g/mol. The molecule has 6 nitrogen and oxygen atoms in total. The van der Waals surface area contributed by atoms with Crippen molar-refractivity contribution in [3.8, 4) is 0 Å². The maximum absolute atomic E-state index is 14.6. The Hall–Kier alpha value is -2.40. The maximum Gasteiger partial charge on any atom is 0.255 e. The van der Waals surface area contributed by atoms with Crippen LogP contribution in [0.1, 0.15) is 30.2 Å². The molecule has 1 amide bonds. The molecule has 0 aliphatic carbocycles. The van der Waals surface area contributed by atoms with Crippen LogP contribution in [-0.4, -0.2) is 33.4 Å². The standard InChI is InChI=1S/C18H15BrClF4N5O/c1-7(2)29-6-26-10-4-11(19)28-17(16(10)29)27-9-3-8(13(20)15(24)14(9)23)18(30)25-5-12(21)22/h3-4,6-7,12H,5H2,1-2H3,(H,25,30)(H,27,28). The predicted molar refractivity (Wildman–Crippen MR) is 109 cm³/mol. The Morgan fingerprint density at radius 1 is 1.27 bits per heavy atom. The normalized spacial score (nSPS) is 11.5. The fourth-order valence-electron chi connectivity index (χ4n) is 2.76. The number of carbonyl (C=O) groups excluding carboxylic acids is 1. The van der Waals surface area contributed by atoms with E-state index in [0.29, 0.717) is 15.6 Å². The number of carbonyl (C=O) groups is 1.